The molecule has 3 aromatic rings. The van der Waals surface area contributed by atoms with Gasteiger partial charge in [-0.1, -0.05) is 36.4 Å². The number of benzene rings is 2. The van der Waals surface area contributed by atoms with E-state index in [-0.39, 0.29) is 18.0 Å². The fourth-order valence-electron chi connectivity index (χ4n) is 2.51. The van der Waals surface area contributed by atoms with Crippen molar-refractivity contribution in [2.24, 2.45) is 0 Å². The molecule has 0 saturated carbocycles. The van der Waals surface area contributed by atoms with Crippen molar-refractivity contribution in [1.29, 1.82) is 0 Å². The number of nitrogens with one attached hydrogen (secondary N) is 1. The Kier molecular flexibility index (Phi) is 5.11. The second-order valence-corrected chi connectivity index (χ2v) is 7.81. The van der Waals surface area contributed by atoms with Crippen LogP contribution in [0.3, 0.4) is 0 Å². The van der Waals surface area contributed by atoms with Crippen LogP contribution in [0, 0.1) is 0 Å². The Bertz CT molecular complexity index is 960. The summed E-state index contributed by atoms with van der Waals surface area (Å²) in [5, 5.41) is 10.9. The lowest BCUT2D eigenvalue weighted by Crippen LogP contribution is -2.43. The first kappa shape index (κ1) is 17.9. The number of ether oxygens (including phenoxy) is 1. The first-order valence-electron chi connectivity index (χ1n) is 7.44. The average Bonchev–Trinajstić information content (AvgIpc) is 3.10. The molecule has 0 aliphatic heterocycles. The Morgan fingerprint density at radius 2 is 1.92 bits per heavy atom. The van der Waals surface area contributed by atoms with Gasteiger partial charge in [0.1, 0.15) is 21.5 Å². The van der Waals surface area contributed by atoms with Crippen LogP contribution < -0.4 is 4.72 Å². The zero-order chi connectivity index (χ0) is 17.9. The van der Waals surface area contributed by atoms with Gasteiger partial charge in [0.05, 0.1) is 18.3 Å². The molecule has 1 aromatic heterocycles. The van der Waals surface area contributed by atoms with E-state index in [9.17, 15) is 13.5 Å². The van der Waals surface area contributed by atoms with Gasteiger partial charge < -0.3 is 9.84 Å². The number of nitrogens with zero attached hydrogens (tertiary/aromatic N) is 2. The summed E-state index contributed by atoms with van der Waals surface area (Å²) in [4.78, 5) is 0.0339. The minimum atomic E-state index is -3.88. The molecule has 0 fully saturated rings. The Hall–Kier alpha value is -1.91. The first-order valence-corrected chi connectivity index (χ1v) is 9.65. The number of aromatic nitrogens is 2. The molecule has 0 aliphatic rings. The molecule has 2 aromatic carbocycles. The maximum atomic E-state index is 12.7. The topological polar surface area (TPSA) is 101 Å². The molecule has 3 rings (SSSR count). The SMILES string of the molecule is COC[C@](O)(CNS(=O)(=O)c1cccc2nsnc12)c1ccccc1. The van der Waals surface area contributed by atoms with E-state index < -0.39 is 15.6 Å². The van der Waals surface area contributed by atoms with Crippen LogP contribution in [0.25, 0.3) is 11.0 Å². The van der Waals surface area contributed by atoms with Crippen molar-refractivity contribution in [3.63, 3.8) is 0 Å². The number of sulfonamides is 1. The molecule has 1 atom stereocenters. The summed E-state index contributed by atoms with van der Waals surface area (Å²) < 4.78 is 41.0. The van der Waals surface area contributed by atoms with Crippen LogP contribution in [0.15, 0.2) is 53.4 Å². The third-order valence-corrected chi connectivity index (χ3v) is 5.76. The summed E-state index contributed by atoms with van der Waals surface area (Å²) in [5.74, 6) is 0. The van der Waals surface area contributed by atoms with Crippen LogP contribution in [0.4, 0.5) is 0 Å². The smallest absolute Gasteiger partial charge is 0.242 e. The van der Waals surface area contributed by atoms with Crippen molar-refractivity contribution < 1.29 is 18.3 Å². The van der Waals surface area contributed by atoms with Crippen LogP contribution in [0.2, 0.25) is 0 Å². The molecule has 0 bridgehead atoms. The zero-order valence-electron chi connectivity index (χ0n) is 13.4. The van der Waals surface area contributed by atoms with Crippen LogP contribution in [-0.4, -0.2) is 42.5 Å². The van der Waals surface area contributed by atoms with Crippen LogP contribution in [-0.2, 0) is 20.4 Å². The van der Waals surface area contributed by atoms with Gasteiger partial charge in [-0.3, -0.25) is 0 Å². The van der Waals surface area contributed by atoms with Gasteiger partial charge in [-0.05, 0) is 17.7 Å². The average molecular weight is 379 g/mol. The highest BCUT2D eigenvalue weighted by Gasteiger charge is 2.32. The van der Waals surface area contributed by atoms with Gasteiger partial charge in [0.15, 0.2) is 0 Å². The normalized spacial score (nSPS) is 14.5. The number of fused-ring (bicyclic) bond motifs is 1. The van der Waals surface area contributed by atoms with Crippen molar-refractivity contribution in [3.8, 4) is 0 Å². The molecule has 0 amide bonds. The van der Waals surface area contributed by atoms with Gasteiger partial charge in [-0.15, -0.1) is 0 Å². The molecule has 9 heteroatoms. The number of hydrogen-bond donors (Lipinski definition) is 2. The van der Waals surface area contributed by atoms with Crippen molar-refractivity contribution >= 4 is 32.8 Å². The molecule has 2 N–H and O–H groups in total. The highest BCUT2D eigenvalue weighted by atomic mass is 32.2. The van der Waals surface area contributed by atoms with Crippen LogP contribution in [0.5, 0.6) is 0 Å². The largest absolute Gasteiger partial charge is 0.381 e. The Balaban J connectivity index is 1.89. The van der Waals surface area contributed by atoms with Gasteiger partial charge in [-0.25, -0.2) is 13.1 Å². The van der Waals surface area contributed by atoms with Crippen molar-refractivity contribution in [1.82, 2.24) is 13.5 Å². The minimum Gasteiger partial charge on any atom is -0.381 e. The van der Waals surface area contributed by atoms with Crippen molar-refractivity contribution in [2.75, 3.05) is 20.3 Å². The summed E-state index contributed by atoms with van der Waals surface area (Å²) in [6.07, 6.45) is 0. The Labute approximate surface area is 149 Å². The van der Waals surface area contributed by atoms with E-state index in [2.05, 4.69) is 13.5 Å². The molecular formula is C16H17N3O4S2. The Morgan fingerprint density at radius 3 is 2.64 bits per heavy atom. The molecule has 0 spiro atoms. The van der Waals surface area contributed by atoms with Gasteiger partial charge in [0.25, 0.3) is 0 Å². The van der Waals surface area contributed by atoms with Gasteiger partial charge >= 0.3 is 0 Å². The monoisotopic (exact) mass is 379 g/mol. The fourth-order valence-corrected chi connectivity index (χ4v) is 4.37. The van der Waals surface area contributed by atoms with E-state index in [4.69, 9.17) is 4.74 Å². The number of methoxy groups -OCH3 is 1. The molecule has 25 heavy (non-hydrogen) atoms. The van der Waals surface area contributed by atoms with Crippen molar-refractivity contribution in [3.05, 3.63) is 54.1 Å². The maximum absolute atomic E-state index is 12.7. The second-order valence-electron chi connectivity index (χ2n) is 5.54. The lowest BCUT2D eigenvalue weighted by Gasteiger charge is -2.28. The van der Waals surface area contributed by atoms with Crippen molar-refractivity contribution in [2.45, 2.75) is 10.5 Å². The van der Waals surface area contributed by atoms with Gasteiger partial charge in [0, 0.05) is 13.7 Å². The molecule has 0 radical (unpaired) electrons. The number of rotatable bonds is 7. The molecule has 132 valence electrons. The minimum absolute atomic E-state index is 0.0339. The predicted octanol–water partition coefficient (Wildman–Crippen LogP) is 1.50. The molecular weight excluding hydrogens is 362 g/mol. The molecule has 1 heterocycles. The number of aliphatic hydroxyl groups is 1. The molecule has 0 saturated heterocycles. The summed E-state index contributed by atoms with van der Waals surface area (Å²) >= 11 is 0.950. The Morgan fingerprint density at radius 1 is 1.16 bits per heavy atom. The van der Waals surface area contributed by atoms with E-state index in [1.165, 1.54) is 13.2 Å². The maximum Gasteiger partial charge on any atom is 0.242 e. The summed E-state index contributed by atoms with van der Waals surface area (Å²) in [6, 6.07) is 13.6. The lowest BCUT2D eigenvalue weighted by molar-refractivity contribution is -0.0310. The molecule has 0 unspecified atom stereocenters. The quantitative estimate of drug-likeness (QED) is 0.645. The second kappa shape index (κ2) is 7.14. The third kappa shape index (κ3) is 3.70. The summed E-state index contributed by atoms with van der Waals surface area (Å²) in [6.45, 7) is -0.289. The van der Waals surface area contributed by atoms with E-state index in [0.717, 1.165) is 11.7 Å². The molecule has 0 aliphatic carbocycles. The van der Waals surface area contributed by atoms with E-state index in [1.54, 1.807) is 36.4 Å². The highest BCUT2D eigenvalue weighted by molar-refractivity contribution is 7.89. The van der Waals surface area contributed by atoms with E-state index >= 15 is 0 Å². The van der Waals surface area contributed by atoms with E-state index in [1.807, 2.05) is 6.07 Å². The van der Waals surface area contributed by atoms with Crippen LogP contribution in [0.1, 0.15) is 5.56 Å². The zero-order valence-corrected chi connectivity index (χ0v) is 15.0. The number of hydrogen-bond acceptors (Lipinski definition) is 7. The third-order valence-electron chi connectivity index (χ3n) is 3.79. The summed E-state index contributed by atoms with van der Waals surface area (Å²) in [7, 11) is -2.43. The van der Waals surface area contributed by atoms with Gasteiger partial charge in [-0.2, -0.15) is 8.75 Å². The highest BCUT2D eigenvalue weighted by Crippen LogP contribution is 2.24. The predicted molar refractivity (Wildman–Crippen MR) is 94.8 cm³/mol. The van der Waals surface area contributed by atoms with E-state index in [0.29, 0.717) is 16.6 Å². The summed E-state index contributed by atoms with van der Waals surface area (Å²) in [5.41, 5.74) is -0.0942. The first-order chi connectivity index (χ1) is 12.0. The fraction of sp³-hybridized carbons (Fsp3) is 0.250. The van der Waals surface area contributed by atoms with Crippen LogP contribution >= 0.6 is 11.7 Å². The van der Waals surface area contributed by atoms with Gasteiger partial charge in [0.2, 0.25) is 10.0 Å². The lowest BCUT2D eigenvalue weighted by atomic mass is 9.95. The standard InChI is InChI=1S/C16H17N3O4S2/c1-23-11-16(20,12-6-3-2-4-7-12)10-17-25(21,22)14-9-5-8-13-15(14)19-24-18-13/h2-9,17,20H,10-11H2,1H3/t16-/m1/s1. The molecule has 7 nitrogen and oxygen atoms in total.